The molecule has 1 aromatic rings. The number of carboxylic acid groups (broad SMARTS) is 1. The van der Waals surface area contributed by atoms with Crippen molar-refractivity contribution in [2.45, 2.75) is 52.6 Å². The van der Waals surface area contributed by atoms with Crippen molar-refractivity contribution >= 4 is 11.8 Å². The van der Waals surface area contributed by atoms with Gasteiger partial charge in [-0.15, -0.1) is 0 Å². The van der Waals surface area contributed by atoms with Crippen molar-refractivity contribution in [2.24, 2.45) is 5.92 Å². The Hall–Kier alpha value is -1.71. The zero-order chi connectivity index (χ0) is 15.7. The molecular weight excluding hydrogens is 266 g/mol. The number of rotatable bonds is 4. The summed E-state index contributed by atoms with van der Waals surface area (Å²) < 4.78 is 5.83. The molecule has 2 rings (SSSR count). The Balaban J connectivity index is 2.50. The van der Waals surface area contributed by atoms with E-state index in [1.807, 2.05) is 26.0 Å². The quantitative estimate of drug-likeness (QED) is 0.901. The first-order chi connectivity index (χ1) is 9.81. The van der Waals surface area contributed by atoms with Crippen LogP contribution in [-0.4, -0.2) is 24.4 Å². The van der Waals surface area contributed by atoms with Gasteiger partial charge in [-0.1, -0.05) is 13.8 Å². The minimum Gasteiger partial charge on any atom is -0.489 e. The number of ether oxygens (including phenoxy) is 1. The van der Waals surface area contributed by atoms with Gasteiger partial charge in [-0.3, -0.25) is 4.90 Å². The molecule has 1 N–H and O–H groups in total. The molecule has 0 saturated carbocycles. The monoisotopic (exact) mass is 291 g/mol. The smallest absolute Gasteiger partial charge is 0.411 e. The molecule has 4 heteroatoms. The predicted octanol–water partition coefficient (Wildman–Crippen LogP) is 4.27. The van der Waals surface area contributed by atoms with Crippen molar-refractivity contribution in [3.63, 3.8) is 0 Å². The normalized spacial score (nSPS) is 17.2. The predicted molar refractivity (Wildman–Crippen MR) is 84.5 cm³/mol. The van der Waals surface area contributed by atoms with Crippen molar-refractivity contribution in [1.29, 1.82) is 0 Å². The molecule has 116 valence electrons. The van der Waals surface area contributed by atoms with E-state index >= 15 is 0 Å². The number of aryl methyl sites for hydroxylation is 1. The van der Waals surface area contributed by atoms with Gasteiger partial charge < -0.3 is 9.84 Å². The number of hydrogen-bond donors (Lipinski definition) is 1. The molecule has 1 aliphatic carbocycles. The van der Waals surface area contributed by atoms with Crippen LogP contribution in [0.1, 0.15) is 51.2 Å². The molecule has 1 unspecified atom stereocenters. The molecule has 0 bridgehead atoms. The summed E-state index contributed by atoms with van der Waals surface area (Å²) in [5, 5.41) is 9.29. The molecule has 0 saturated heterocycles. The van der Waals surface area contributed by atoms with Crippen LogP contribution in [0.5, 0.6) is 5.75 Å². The summed E-state index contributed by atoms with van der Waals surface area (Å²) >= 11 is 0. The van der Waals surface area contributed by atoms with Crippen molar-refractivity contribution in [3.8, 4) is 5.75 Å². The standard InChI is InChI=1S/C17H25NO3/c1-10(2)13-7-6-12-8-16(21-11(3)4)15(9-14(12)13)18(5)17(19)20/h8-11,13H,6-7H2,1-5H3,(H,19,20). The summed E-state index contributed by atoms with van der Waals surface area (Å²) in [5.41, 5.74) is 3.22. The van der Waals surface area contributed by atoms with Crippen LogP contribution in [0.15, 0.2) is 12.1 Å². The van der Waals surface area contributed by atoms with Crippen LogP contribution in [0, 0.1) is 5.92 Å². The van der Waals surface area contributed by atoms with E-state index in [1.165, 1.54) is 16.0 Å². The maximum atomic E-state index is 11.3. The highest BCUT2D eigenvalue weighted by Gasteiger charge is 2.28. The van der Waals surface area contributed by atoms with Gasteiger partial charge >= 0.3 is 6.09 Å². The Kier molecular flexibility index (Phi) is 4.45. The highest BCUT2D eigenvalue weighted by atomic mass is 16.5. The second-order valence-electron chi connectivity index (χ2n) is 6.42. The topological polar surface area (TPSA) is 49.8 Å². The Morgan fingerprint density at radius 2 is 2.00 bits per heavy atom. The summed E-state index contributed by atoms with van der Waals surface area (Å²) in [6.07, 6.45) is 1.23. The zero-order valence-electron chi connectivity index (χ0n) is 13.5. The average Bonchev–Trinajstić information content (AvgIpc) is 2.78. The van der Waals surface area contributed by atoms with E-state index in [4.69, 9.17) is 4.74 Å². The fourth-order valence-corrected chi connectivity index (χ4v) is 3.06. The lowest BCUT2D eigenvalue weighted by Crippen LogP contribution is -2.25. The lowest BCUT2D eigenvalue weighted by Gasteiger charge is -2.23. The second kappa shape index (κ2) is 5.96. The van der Waals surface area contributed by atoms with Gasteiger partial charge in [-0.05, 0) is 61.8 Å². The van der Waals surface area contributed by atoms with E-state index in [0.29, 0.717) is 23.3 Å². The lowest BCUT2D eigenvalue weighted by molar-refractivity contribution is 0.202. The fraction of sp³-hybridized carbons (Fsp3) is 0.588. The number of amides is 1. The van der Waals surface area contributed by atoms with Crippen LogP contribution in [-0.2, 0) is 6.42 Å². The minimum absolute atomic E-state index is 0.0197. The first-order valence-corrected chi connectivity index (χ1v) is 7.61. The third-order valence-corrected chi connectivity index (χ3v) is 4.16. The molecule has 0 heterocycles. The summed E-state index contributed by atoms with van der Waals surface area (Å²) in [5.74, 6) is 1.73. The van der Waals surface area contributed by atoms with E-state index in [-0.39, 0.29) is 6.10 Å². The number of anilines is 1. The minimum atomic E-state index is -0.970. The molecule has 0 spiro atoms. The van der Waals surface area contributed by atoms with Gasteiger partial charge in [0.05, 0.1) is 11.8 Å². The van der Waals surface area contributed by atoms with Crippen LogP contribution >= 0.6 is 0 Å². The molecule has 0 aliphatic heterocycles. The van der Waals surface area contributed by atoms with E-state index in [9.17, 15) is 9.90 Å². The summed E-state index contributed by atoms with van der Waals surface area (Å²) in [6.45, 7) is 8.35. The number of benzene rings is 1. The number of hydrogen-bond acceptors (Lipinski definition) is 2. The lowest BCUT2D eigenvalue weighted by atomic mass is 9.90. The third-order valence-electron chi connectivity index (χ3n) is 4.16. The van der Waals surface area contributed by atoms with Gasteiger partial charge in [0.2, 0.25) is 0 Å². The maximum Gasteiger partial charge on any atom is 0.411 e. The molecule has 4 nitrogen and oxygen atoms in total. The van der Waals surface area contributed by atoms with Crippen molar-refractivity contribution < 1.29 is 14.6 Å². The summed E-state index contributed by atoms with van der Waals surface area (Å²) in [7, 11) is 1.57. The third kappa shape index (κ3) is 3.14. The van der Waals surface area contributed by atoms with Gasteiger partial charge in [0.1, 0.15) is 5.75 Å². The Morgan fingerprint density at radius 1 is 1.33 bits per heavy atom. The first kappa shape index (κ1) is 15.7. The van der Waals surface area contributed by atoms with Crippen molar-refractivity contribution in [2.75, 3.05) is 11.9 Å². The molecule has 0 aromatic heterocycles. The van der Waals surface area contributed by atoms with E-state index < -0.39 is 6.09 Å². The fourth-order valence-electron chi connectivity index (χ4n) is 3.06. The van der Waals surface area contributed by atoms with Crippen molar-refractivity contribution in [1.82, 2.24) is 0 Å². The molecule has 1 aromatic carbocycles. The zero-order valence-corrected chi connectivity index (χ0v) is 13.5. The molecular formula is C17H25NO3. The molecule has 0 fully saturated rings. The number of nitrogens with zero attached hydrogens (tertiary/aromatic N) is 1. The Labute approximate surface area is 126 Å². The highest BCUT2D eigenvalue weighted by Crippen LogP contribution is 2.43. The Morgan fingerprint density at radius 3 is 2.52 bits per heavy atom. The van der Waals surface area contributed by atoms with Gasteiger partial charge in [-0.25, -0.2) is 4.79 Å². The van der Waals surface area contributed by atoms with Crippen LogP contribution in [0.4, 0.5) is 10.5 Å². The molecule has 1 atom stereocenters. The Bertz CT molecular complexity index is 537. The SMILES string of the molecule is CC(C)Oc1cc2c(cc1N(C)C(=O)O)C(C(C)C)CC2. The maximum absolute atomic E-state index is 11.3. The summed E-state index contributed by atoms with van der Waals surface area (Å²) in [4.78, 5) is 12.6. The van der Waals surface area contributed by atoms with Gasteiger partial charge in [-0.2, -0.15) is 0 Å². The van der Waals surface area contributed by atoms with Crippen molar-refractivity contribution in [3.05, 3.63) is 23.3 Å². The van der Waals surface area contributed by atoms with Crippen LogP contribution in [0.25, 0.3) is 0 Å². The van der Waals surface area contributed by atoms with Gasteiger partial charge in [0.25, 0.3) is 0 Å². The number of carbonyl (C=O) groups is 1. The average molecular weight is 291 g/mol. The van der Waals surface area contributed by atoms with Crippen LogP contribution in [0.3, 0.4) is 0 Å². The highest BCUT2D eigenvalue weighted by molar-refractivity contribution is 5.88. The molecule has 1 amide bonds. The van der Waals surface area contributed by atoms with E-state index in [0.717, 1.165) is 12.8 Å². The van der Waals surface area contributed by atoms with Crippen LogP contribution in [0.2, 0.25) is 0 Å². The van der Waals surface area contributed by atoms with Gasteiger partial charge in [0.15, 0.2) is 0 Å². The number of fused-ring (bicyclic) bond motifs is 1. The molecule has 21 heavy (non-hydrogen) atoms. The molecule has 1 aliphatic rings. The van der Waals surface area contributed by atoms with E-state index in [2.05, 4.69) is 13.8 Å². The molecule has 0 radical (unpaired) electrons. The second-order valence-corrected chi connectivity index (χ2v) is 6.42. The first-order valence-electron chi connectivity index (χ1n) is 7.61. The summed E-state index contributed by atoms with van der Waals surface area (Å²) in [6, 6.07) is 4.05. The van der Waals surface area contributed by atoms with Gasteiger partial charge in [0, 0.05) is 7.05 Å². The van der Waals surface area contributed by atoms with E-state index in [1.54, 1.807) is 7.05 Å². The van der Waals surface area contributed by atoms with Crippen LogP contribution < -0.4 is 9.64 Å². The largest absolute Gasteiger partial charge is 0.489 e.